The maximum atomic E-state index is 13.3. The lowest BCUT2D eigenvalue weighted by molar-refractivity contribution is -0.120. The third-order valence-electron chi connectivity index (χ3n) is 5.60. The molecule has 1 atom stereocenters. The number of aromatic nitrogens is 2. The molecule has 1 N–H and O–H groups in total. The van der Waals surface area contributed by atoms with Crippen molar-refractivity contribution in [3.63, 3.8) is 0 Å². The number of benzene rings is 2. The quantitative estimate of drug-likeness (QED) is 0.745. The number of para-hydroxylation sites is 1. The highest BCUT2D eigenvalue weighted by atomic mass is 16.5. The molecule has 0 saturated carbocycles. The number of hydrogen-bond acceptors (Lipinski definition) is 5. The van der Waals surface area contributed by atoms with Crippen LogP contribution in [0.25, 0.3) is 11.5 Å². The number of likely N-dealkylation sites (tertiary alicyclic amines) is 1. The Morgan fingerprint density at radius 1 is 1.18 bits per heavy atom. The molecule has 7 nitrogen and oxygen atoms in total. The fraction of sp³-hybridized carbons (Fsp3) is 0.238. The highest BCUT2D eigenvalue weighted by Crippen LogP contribution is 2.44. The van der Waals surface area contributed by atoms with Gasteiger partial charge >= 0.3 is 0 Å². The molecule has 3 aromatic rings. The van der Waals surface area contributed by atoms with Crippen molar-refractivity contribution in [1.82, 2.24) is 15.0 Å². The van der Waals surface area contributed by atoms with Crippen molar-refractivity contribution in [1.29, 1.82) is 0 Å². The summed E-state index contributed by atoms with van der Waals surface area (Å²) >= 11 is 0. The maximum Gasteiger partial charge on any atom is 0.258 e. The molecule has 28 heavy (non-hydrogen) atoms. The molecule has 2 amide bonds. The zero-order chi connectivity index (χ0) is 19.3. The van der Waals surface area contributed by atoms with Crippen molar-refractivity contribution in [3.05, 3.63) is 65.5 Å². The van der Waals surface area contributed by atoms with E-state index in [1.807, 2.05) is 36.4 Å². The second-order valence-corrected chi connectivity index (χ2v) is 7.25. The topological polar surface area (TPSA) is 88.3 Å². The van der Waals surface area contributed by atoms with Crippen LogP contribution >= 0.6 is 0 Å². The molecule has 1 spiro atoms. The Morgan fingerprint density at radius 3 is 2.79 bits per heavy atom. The summed E-state index contributed by atoms with van der Waals surface area (Å²) in [7, 11) is 0. The molecule has 7 heteroatoms. The molecule has 1 fully saturated rings. The number of nitrogens with one attached hydrogen (secondary N) is 1. The second-order valence-electron chi connectivity index (χ2n) is 7.25. The van der Waals surface area contributed by atoms with Crippen LogP contribution in [-0.2, 0) is 10.2 Å². The van der Waals surface area contributed by atoms with E-state index in [2.05, 4.69) is 15.5 Å². The number of hydrogen-bond donors (Lipinski definition) is 1. The summed E-state index contributed by atoms with van der Waals surface area (Å²) in [6.07, 6.45) is 0.601. The Kier molecular flexibility index (Phi) is 3.58. The molecule has 2 aliphatic heterocycles. The van der Waals surface area contributed by atoms with Gasteiger partial charge in [-0.15, -0.1) is 0 Å². The van der Waals surface area contributed by atoms with Crippen LogP contribution in [0.3, 0.4) is 0 Å². The van der Waals surface area contributed by atoms with Gasteiger partial charge in [-0.25, -0.2) is 0 Å². The molecule has 5 rings (SSSR count). The first-order valence-corrected chi connectivity index (χ1v) is 9.18. The van der Waals surface area contributed by atoms with Crippen molar-refractivity contribution >= 4 is 17.5 Å². The molecule has 140 valence electrons. The van der Waals surface area contributed by atoms with Crippen LogP contribution in [0.4, 0.5) is 5.69 Å². The zero-order valence-corrected chi connectivity index (χ0v) is 15.3. The first-order valence-electron chi connectivity index (χ1n) is 9.18. The Labute approximate surface area is 161 Å². The summed E-state index contributed by atoms with van der Waals surface area (Å²) < 4.78 is 5.26. The van der Waals surface area contributed by atoms with Gasteiger partial charge in [-0.2, -0.15) is 4.98 Å². The Morgan fingerprint density at radius 2 is 1.96 bits per heavy atom. The Balaban J connectivity index is 1.48. The summed E-state index contributed by atoms with van der Waals surface area (Å²) in [6, 6.07) is 14.9. The second kappa shape index (κ2) is 6.02. The lowest BCUT2D eigenvalue weighted by Gasteiger charge is -2.23. The summed E-state index contributed by atoms with van der Waals surface area (Å²) in [5, 5.41) is 6.78. The molecular weight excluding hydrogens is 356 g/mol. The van der Waals surface area contributed by atoms with E-state index in [0.29, 0.717) is 42.4 Å². The van der Waals surface area contributed by atoms with Crippen molar-refractivity contribution in [2.75, 3.05) is 18.4 Å². The maximum absolute atomic E-state index is 13.3. The lowest BCUT2D eigenvalue weighted by atomic mass is 9.81. The van der Waals surface area contributed by atoms with Crippen LogP contribution < -0.4 is 5.32 Å². The number of fused-ring (bicyclic) bond motifs is 2. The van der Waals surface area contributed by atoms with Crippen molar-refractivity contribution in [3.8, 4) is 11.5 Å². The van der Waals surface area contributed by atoms with Crippen LogP contribution in [0.5, 0.6) is 0 Å². The number of nitrogens with zero attached hydrogens (tertiary/aromatic N) is 3. The summed E-state index contributed by atoms with van der Waals surface area (Å²) in [4.78, 5) is 32.1. The first kappa shape index (κ1) is 16.7. The molecule has 3 heterocycles. The van der Waals surface area contributed by atoms with E-state index in [1.165, 1.54) is 0 Å². The molecular formula is C21H18N4O3. The molecule has 1 unspecified atom stereocenters. The number of amides is 2. The molecule has 2 aliphatic rings. The van der Waals surface area contributed by atoms with E-state index in [0.717, 1.165) is 11.3 Å². The fourth-order valence-electron chi connectivity index (χ4n) is 4.19. The largest absolute Gasteiger partial charge is 0.337 e. The number of rotatable bonds is 2. The van der Waals surface area contributed by atoms with Gasteiger partial charge in [0.05, 0.1) is 16.5 Å². The van der Waals surface area contributed by atoms with Gasteiger partial charge in [0, 0.05) is 18.8 Å². The minimum absolute atomic E-state index is 0.0372. The summed E-state index contributed by atoms with van der Waals surface area (Å²) in [6.45, 7) is 2.60. The highest BCUT2D eigenvalue weighted by molar-refractivity contribution is 6.08. The Bertz CT molecular complexity index is 1110. The number of anilines is 1. The zero-order valence-electron chi connectivity index (χ0n) is 15.3. The standard InChI is InChI=1S/C21H18N4O3/c1-13-22-18(28-24-13)14-6-2-3-7-15(14)19(26)25-11-10-21(12-25)16-8-4-5-9-17(16)23-20(21)27/h2-9H,10-12H2,1H3,(H,23,27). The van der Waals surface area contributed by atoms with Crippen molar-refractivity contribution in [2.24, 2.45) is 0 Å². The highest BCUT2D eigenvalue weighted by Gasteiger charge is 2.52. The fourth-order valence-corrected chi connectivity index (χ4v) is 4.19. The smallest absolute Gasteiger partial charge is 0.258 e. The van der Waals surface area contributed by atoms with E-state index in [-0.39, 0.29) is 11.8 Å². The monoisotopic (exact) mass is 374 g/mol. The van der Waals surface area contributed by atoms with E-state index >= 15 is 0 Å². The molecule has 0 radical (unpaired) electrons. The van der Waals surface area contributed by atoms with Crippen LogP contribution in [0.15, 0.2) is 53.1 Å². The van der Waals surface area contributed by atoms with E-state index in [4.69, 9.17) is 4.52 Å². The number of carbonyl (C=O) groups is 2. The van der Waals surface area contributed by atoms with Crippen molar-refractivity contribution in [2.45, 2.75) is 18.8 Å². The first-order chi connectivity index (χ1) is 13.6. The predicted octanol–water partition coefficient (Wildman–Crippen LogP) is 2.78. The van der Waals surface area contributed by atoms with E-state index in [9.17, 15) is 9.59 Å². The van der Waals surface area contributed by atoms with Crippen LogP contribution in [0.1, 0.15) is 28.2 Å². The predicted molar refractivity (Wildman–Crippen MR) is 102 cm³/mol. The Hall–Kier alpha value is -3.48. The normalized spacial score (nSPS) is 20.5. The van der Waals surface area contributed by atoms with Gasteiger partial charge in [-0.1, -0.05) is 35.5 Å². The van der Waals surface area contributed by atoms with Gasteiger partial charge in [-0.05, 0) is 37.1 Å². The molecule has 0 bridgehead atoms. The third kappa shape index (κ3) is 2.36. The van der Waals surface area contributed by atoms with Gasteiger partial charge in [-0.3, -0.25) is 9.59 Å². The average molecular weight is 374 g/mol. The molecule has 1 aromatic heterocycles. The average Bonchev–Trinajstić information content (AvgIpc) is 3.41. The van der Waals surface area contributed by atoms with Crippen LogP contribution in [0, 0.1) is 6.92 Å². The number of carbonyl (C=O) groups excluding carboxylic acids is 2. The SMILES string of the molecule is Cc1noc(-c2ccccc2C(=O)N2CCC3(C2)C(=O)Nc2ccccc23)n1. The van der Waals surface area contributed by atoms with Gasteiger partial charge in [0.2, 0.25) is 5.91 Å². The molecule has 1 saturated heterocycles. The van der Waals surface area contributed by atoms with Gasteiger partial charge < -0.3 is 14.7 Å². The minimum Gasteiger partial charge on any atom is -0.337 e. The lowest BCUT2D eigenvalue weighted by Crippen LogP contribution is -2.39. The van der Waals surface area contributed by atoms with Gasteiger partial charge in [0.25, 0.3) is 11.8 Å². The minimum atomic E-state index is -0.678. The number of aryl methyl sites for hydroxylation is 1. The molecule has 2 aromatic carbocycles. The van der Waals surface area contributed by atoms with Crippen molar-refractivity contribution < 1.29 is 14.1 Å². The molecule has 0 aliphatic carbocycles. The van der Waals surface area contributed by atoms with E-state index < -0.39 is 5.41 Å². The van der Waals surface area contributed by atoms with E-state index in [1.54, 1.807) is 24.0 Å². The van der Waals surface area contributed by atoms with Crippen LogP contribution in [0.2, 0.25) is 0 Å². The van der Waals surface area contributed by atoms with Gasteiger partial charge in [0.15, 0.2) is 5.82 Å². The third-order valence-corrected chi connectivity index (χ3v) is 5.60. The van der Waals surface area contributed by atoms with Crippen LogP contribution in [-0.4, -0.2) is 39.9 Å². The van der Waals surface area contributed by atoms with Gasteiger partial charge in [0.1, 0.15) is 0 Å². The summed E-state index contributed by atoms with van der Waals surface area (Å²) in [5.41, 5.74) is 2.22. The summed E-state index contributed by atoms with van der Waals surface area (Å²) in [5.74, 6) is 0.654.